The van der Waals surface area contributed by atoms with Crippen molar-refractivity contribution in [1.29, 1.82) is 0 Å². The summed E-state index contributed by atoms with van der Waals surface area (Å²) in [6.07, 6.45) is 2.76. The molecule has 1 aliphatic heterocycles. The number of benzene rings is 2. The first-order chi connectivity index (χ1) is 12.6. The molecule has 6 heteroatoms. The van der Waals surface area contributed by atoms with E-state index in [1.165, 1.54) is 11.8 Å². The number of amides is 1. The Balaban J connectivity index is 1.63. The van der Waals surface area contributed by atoms with E-state index in [1.807, 2.05) is 61.5 Å². The van der Waals surface area contributed by atoms with Gasteiger partial charge < -0.3 is 4.74 Å². The van der Waals surface area contributed by atoms with E-state index in [2.05, 4.69) is 0 Å². The Morgan fingerprint density at radius 1 is 1.15 bits per heavy atom. The lowest BCUT2D eigenvalue weighted by Gasteiger charge is -2.11. The predicted molar refractivity (Wildman–Crippen MR) is 112 cm³/mol. The molecule has 2 aromatic carbocycles. The van der Waals surface area contributed by atoms with Crippen LogP contribution in [-0.4, -0.2) is 21.7 Å². The second-order valence-corrected chi connectivity index (χ2v) is 7.93. The summed E-state index contributed by atoms with van der Waals surface area (Å²) in [5, 5.41) is 0.711. The highest BCUT2D eigenvalue weighted by atomic mass is 35.5. The fourth-order valence-corrected chi connectivity index (χ4v) is 3.91. The molecule has 1 fully saturated rings. The zero-order valence-corrected chi connectivity index (χ0v) is 16.7. The number of thiocarbonyl (C=S) groups is 1. The standard InChI is InChI=1S/C20H18ClNO2S2/c1-2-11-22-19(23)18(26-20(22)25)12-14-5-9-17(10-6-14)24-13-15-3-7-16(21)8-4-15/h3-10,12H,2,11,13H2,1H3/b18-12-. The molecule has 0 N–H and O–H groups in total. The topological polar surface area (TPSA) is 29.5 Å². The Morgan fingerprint density at radius 3 is 2.50 bits per heavy atom. The molecule has 134 valence electrons. The first-order valence-electron chi connectivity index (χ1n) is 8.29. The number of halogens is 1. The van der Waals surface area contributed by atoms with Gasteiger partial charge in [-0.1, -0.05) is 66.8 Å². The van der Waals surface area contributed by atoms with Crippen LogP contribution in [0.1, 0.15) is 24.5 Å². The molecule has 0 saturated carbocycles. The molecule has 0 aliphatic carbocycles. The number of hydrogen-bond donors (Lipinski definition) is 0. The van der Waals surface area contributed by atoms with Gasteiger partial charge >= 0.3 is 0 Å². The third-order valence-electron chi connectivity index (χ3n) is 3.82. The number of rotatable bonds is 6. The zero-order valence-electron chi connectivity index (χ0n) is 14.3. The maximum absolute atomic E-state index is 12.4. The summed E-state index contributed by atoms with van der Waals surface area (Å²) in [7, 11) is 0. The lowest BCUT2D eigenvalue weighted by molar-refractivity contribution is -0.122. The summed E-state index contributed by atoms with van der Waals surface area (Å²) < 4.78 is 6.41. The molecule has 0 bridgehead atoms. The van der Waals surface area contributed by atoms with Crippen molar-refractivity contribution in [2.45, 2.75) is 20.0 Å². The van der Waals surface area contributed by atoms with E-state index in [0.29, 0.717) is 27.4 Å². The summed E-state index contributed by atoms with van der Waals surface area (Å²) in [6, 6.07) is 15.2. The van der Waals surface area contributed by atoms with Crippen LogP contribution >= 0.6 is 35.6 Å². The van der Waals surface area contributed by atoms with Gasteiger partial charge in [-0.3, -0.25) is 9.69 Å². The minimum atomic E-state index is -0.00934. The summed E-state index contributed by atoms with van der Waals surface area (Å²) in [5.74, 6) is 0.764. The maximum atomic E-state index is 12.4. The SMILES string of the molecule is CCCN1C(=O)/C(=C/c2ccc(OCc3ccc(Cl)cc3)cc2)SC1=S. The minimum Gasteiger partial charge on any atom is -0.489 e. The van der Waals surface area contributed by atoms with E-state index in [1.54, 1.807) is 4.90 Å². The van der Waals surface area contributed by atoms with Crippen LogP contribution < -0.4 is 4.74 Å². The molecule has 2 aromatic rings. The average Bonchev–Trinajstić information content (AvgIpc) is 2.90. The van der Waals surface area contributed by atoms with Crippen LogP contribution in [-0.2, 0) is 11.4 Å². The molecule has 3 rings (SSSR count). The summed E-state index contributed by atoms with van der Waals surface area (Å²) in [5.41, 5.74) is 2.00. The Kier molecular flexibility index (Phi) is 6.35. The van der Waals surface area contributed by atoms with Gasteiger partial charge in [-0.25, -0.2) is 0 Å². The first kappa shape index (κ1) is 19.0. The molecule has 1 heterocycles. The smallest absolute Gasteiger partial charge is 0.266 e. The van der Waals surface area contributed by atoms with Crippen LogP contribution in [0.15, 0.2) is 53.4 Å². The van der Waals surface area contributed by atoms with Gasteiger partial charge in [0.25, 0.3) is 5.91 Å². The fourth-order valence-electron chi connectivity index (χ4n) is 2.48. The van der Waals surface area contributed by atoms with Crippen LogP contribution in [0.3, 0.4) is 0 Å². The second kappa shape index (κ2) is 8.71. The highest BCUT2D eigenvalue weighted by Crippen LogP contribution is 2.32. The lowest BCUT2D eigenvalue weighted by atomic mass is 10.2. The van der Waals surface area contributed by atoms with Crippen molar-refractivity contribution in [3.05, 3.63) is 69.6 Å². The van der Waals surface area contributed by atoms with Gasteiger partial charge in [-0.2, -0.15) is 0 Å². The van der Waals surface area contributed by atoms with E-state index in [9.17, 15) is 4.79 Å². The highest BCUT2D eigenvalue weighted by Gasteiger charge is 2.31. The summed E-state index contributed by atoms with van der Waals surface area (Å²) >= 11 is 12.5. The van der Waals surface area contributed by atoms with Crippen molar-refractivity contribution < 1.29 is 9.53 Å². The van der Waals surface area contributed by atoms with E-state index in [0.717, 1.165) is 23.3 Å². The van der Waals surface area contributed by atoms with Crippen molar-refractivity contribution >= 4 is 51.9 Å². The number of carbonyl (C=O) groups is 1. The van der Waals surface area contributed by atoms with Gasteiger partial charge in [0.05, 0.1) is 4.91 Å². The summed E-state index contributed by atoms with van der Waals surface area (Å²) in [4.78, 5) is 14.7. The Bertz CT molecular complexity index is 832. The van der Waals surface area contributed by atoms with E-state index in [-0.39, 0.29) is 5.91 Å². The quantitative estimate of drug-likeness (QED) is 0.468. The van der Waals surface area contributed by atoms with Gasteiger partial charge in [0, 0.05) is 11.6 Å². The predicted octanol–water partition coefficient (Wildman–Crippen LogP) is 5.53. The van der Waals surface area contributed by atoms with Crippen molar-refractivity contribution in [3.8, 4) is 5.75 Å². The maximum Gasteiger partial charge on any atom is 0.266 e. The molecular weight excluding hydrogens is 386 g/mol. The van der Waals surface area contributed by atoms with Crippen LogP contribution in [0.25, 0.3) is 6.08 Å². The highest BCUT2D eigenvalue weighted by molar-refractivity contribution is 8.26. The molecule has 0 spiro atoms. The fraction of sp³-hybridized carbons (Fsp3) is 0.200. The van der Waals surface area contributed by atoms with E-state index < -0.39 is 0 Å². The monoisotopic (exact) mass is 403 g/mol. The third-order valence-corrected chi connectivity index (χ3v) is 5.45. The Morgan fingerprint density at radius 2 is 1.85 bits per heavy atom. The van der Waals surface area contributed by atoms with E-state index in [4.69, 9.17) is 28.6 Å². The number of hydrogen-bond acceptors (Lipinski definition) is 4. The largest absolute Gasteiger partial charge is 0.489 e. The van der Waals surface area contributed by atoms with Crippen molar-refractivity contribution in [2.24, 2.45) is 0 Å². The molecular formula is C20H18ClNO2S2. The van der Waals surface area contributed by atoms with Gasteiger partial charge in [0.1, 0.15) is 16.7 Å². The van der Waals surface area contributed by atoms with Crippen LogP contribution in [0.4, 0.5) is 0 Å². The minimum absolute atomic E-state index is 0.00934. The number of carbonyl (C=O) groups excluding carboxylic acids is 1. The molecule has 1 amide bonds. The molecule has 3 nitrogen and oxygen atoms in total. The van der Waals surface area contributed by atoms with Gasteiger partial charge in [0.15, 0.2) is 0 Å². The van der Waals surface area contributed by atoms with Crippen molar-refractivity contribution in [3.63, 3.8) is 0 Å². The molecule has 0 unspecified atom stereocenters. The van der Waals surface area contributed by atoms with Gasteiger partial charge in [0.2, 0.25) is 0 Å². The molecule has 0 radical (unpaired) electrons. The van der Waals surface area contributed by atoms with Gasteiger partial charge in [-0.05, 0) is 47.9 Å². The van der Waals surface area contributed by atoms with Crippen molar-refractivity contribution in [1.82, 2.24) is 4.90 Å². The van der Waals surface area contributed by atoms with Gasteiger partial charge in [-0.15, -0.1) is 0 Å². The number of ether oxygens (including phenoxy) is 1. The summed E-state index contributed by atoms with van der Waals surface area (Å²) in [6.45, 7) is 3.18. The molecule has 1 saturated heterocycles. The normalized spacial score (nSPS) is 15.8. The molecule has 1 aliphatic rings. The second-order valence-electron chi connectivity index (χ2n) is 5.82. The Labute approximate surface area is 168 Å². The van der Waals surface area contributed by atoms with Crippen molar-refractivity contribution in [2.75, 3.05) is 6.54 Å². The number of thioether (sulfide) groups is 1. The molecule has 0 aromatic heterocycles. The van der Waals surface area contributed by atoms with Crippen LogP contribution in [0.2, 0.25) is 5.02 Å². The molecule has 0 atom stereocenters. The molecule has 26 heavy (non-hydrogen) atoms. The average molecular weight is 404 g/mol. The van der Waals surface area contributed by atoms with E-state index >= 15 is 0 Å². The Hall–Kier alpha value is -1.82. The lowest BCUT2D eigenvalue weighted by Crippen LogP contribution is -2.28. The third kappa shape index (κ3) is 4.67. The first-order valence-corrected chi connectivity index (χ1v) is 9.90. The number of nitrogens with zero attached hydrogens (tertiary/aromatic N) is 1. The van der Waals surface area contributed by atoms with Crippen LogP contribution in [0, 0.1) is 0 Å². The van der Waals surface area contributed by atoms with Crippen LogP contribution in [0.5, 0.6) is 5.75 Å². The zero-order chi connectivity index (χ0) is 18.5.